The average Bonchev–Trinajstić information content (AvgIpc) is 2.65. The van der Waals surface area contributed by atoms with Crippen LogP contribution in [0.15, 0.2) is 42.5 Å². The Morgan fingerprint density at radius 1 is 1.14 bits per heavy atom. The summed E-state index contributed by atoms with van der Waals surface area (Å²) in [7, 11) is 1.39. The molecule has 0 aliphatic carbocycles. The summed E-state index contributed by atoms with van der Waals surface area (Å²) in [5.74, 6) is -0.389. The molecule has 5 nitrogen and oxygen atoms in total. The molecule has 5 heteroatoms. The number of hydrogen-bond acceptors (Lipinski definition) is 4. The van der Waals surface area contributed by atoms with Gasteiger partial charge in [-0.15, -0.1) is 0 Å². The summed E-state index contributed by atoms with van der Waals surface area (Å²) in [5, 5.41) is 6.56. The van der Waals surface area contributed by atoms with Crippen LogP contribution < -0.4 is 10.6 Å². The van der Waals surface area contributed by atoms with Crippen LogP contribution in [0.3, 0.4) is 0 Å². The van der Waals surface area contributed by atoms with Gasteiger partial charge in [-0.05, 0) is 67.1 Å². The van der Waals surface area contributed by atoms with E-state index in [-0.39, 0.29) is 29.4 Å². The van der Waals surface area contributed by atoms with Crippen molar-refractivity contribution in [1.82, 2.24) is 5.32 Å². The number of fused-ring (bicyclic) bond motifs is 1. The second kappa shape index (κ2) is 7.66. The van der Waals surface area contributed by atoms with Crippen molar-refractivity contribution in [3.63, 3.8) is 0 Å². The molecular weight excluding hydrogens is 352 g/mol. The van der Waals surface area contributed by atoms with E-state index in [2.05, 4.69) is 30.5 Å². The van der Waals surface area contributed by atoms with Gasteiger partial charge in [-0.2, -0.15) is 0 Å². The first kappa shape index (κ1) is 19.9. The molecule has 28 heavy (non-hydrogen) atoms. The van der Waals surface area contributed by atoms with Crippen LogP contribution in [-0.2, 0) is 11.2 Å². The number of hydrogen-bond donors (Lipinski definition) is 2. The minimum atomic E-state index is -0.327. The lowest BCUT2D eigenvalue weighted by molar-refractivity contribution is 0.0600. The fraction of sp³-hybridized carbons (Fsp3) is 0.391. The molecule has 2 N–H and O–H groups in total. The van der Waals surface area contributed by atoms with Gasteiger partial charge >= 0.3 is 5.97 Å². The fourth-order valence-corrected chi connectivity index (χ4v) is 3.81. The van der Waals surface area contributed by atoms with Crippen molar-refractivity contribution in [2.45, 2.75) is 46.2 Å². The lowest BCUT2D eigenvalue weighted by Crippen LogP contribution is -2.35. The topological polar surface area (TPSA) is 67.4 Å². The van der Waals surface area contributed by atoms with Crippen LogP contribution in [0, 0.1) is 5.41 Å². The molecule has 0 aromatic heterocycles. The summed E-state index contributed by atoms with van der Waals surface area (Å²) in [6.07, 6.45) is 0.813. The molecule has 0 spiro atoms. The van der Waals surface area contributed by atoms with E-state index in [4.69, 9.17) is 4.74 Å². The number of esters is 1. The molecule has 1 amide bonds. The Hall–Kier alpha value is -2.82. The molecule has 1 atom stereocenters. The smallest absolute Gasteiger partial charge is 0.337 e. The highest BCUT2D eigenvalue weighted by Gasteiger charge is 2.36. The van der Waals surface area contributed by atoms with Crippen LogP contribution in [-0.4, -0.2) is 25.0 Å². The third kappa shape index (κ3) is 4.03. The minimum Gasteiger partial charge on any atom is -0.465 e. The number of methoxy groups -OCH3 is 1. The Morgan fingerprint density at radius 3 is 2.57 bits per heavy atom. The highest BCUT2D eigenvalue weighted by Crippen LogP contribution is 2.45. The van der Waals surface area contributed by atoms with Crippen molar-refractivity contribution in [2.24, 2.45) is 5.41 Å². The van der Waals surface area contributed by atoms with Crippen molar-refractivity contribution in [3.8, 4) is 0 Å². The van der Waals surface area contributed by atoms with Gasteiger partial charge in [0.05, 0.1) is 18.7 Å². The predicted octanol–water partition coefficient (Wildman–Crippen LogP) is 4.35. The molecule has 148 valence electrons. The third-order valence-electron chi connectivity index (χ3n) is 5.16. The summed E-state index contributed by atoms with van der Waals surface area (Å²) >= 11 is 0. The minimum absolute atomic E-state index is 0.0516. The van der Waals surface area contributed by atoms with Crippen LogP contribution in [0.5, 0.6) is 0 Å². The lowest BCUT2D eigenvalue weighted by Gasteiger charge is -2.41. The molecule has 0 bridgehead atoms. The zero-order valence-electron chi connectivity index (χ0n) is 17.1. The monoisotopic (exact) mass is 380 g/mol. The predicted molar refractivity (Wildman–Crippen MR) is 111 cm³/mol. The molecule has 2 aromatic carbocycles. The van der Waals surface area contributed by atoms with E-state index in [0.717, 1.165) is 23.2 Å². The maximum atomic E-state index is 12.4. The number of carbonyl (C=O) groups is 2. The molecule has 0 saturated heterocycles. The van der Waals surface area contributed by atoms with Crippen molar-refractivity contribution < 1.29 is 14.3 Å². The quantitative estimate of drug-likeness (QED) is 0.774. The van der Waals surface area contributed by atoms with E-state index < -0.39 is 0 Å². The normalized spacial score (nSPS) is 17.4. The maximum absolute atomic E-state index is 12.4. The zero-order chi connectivity index (χ0) is 20.5. The molecule has 1 heterocycles. The van der Waals surface area contributed by atoms with Gasteiger partial charge in [-0.25, -0.2) is 4.79 Å². The number of anilines is 1. The zero-order valence-corrected chi connectivity index (χ0v) is 17.1. The van der Waals surface area contributed by atoms with Gasteiger partial charge in [0.15, 0.2) is 0 Å². The van der Waals surface area contributed by atoms with Crippen molar-refractivity contribution >= 4 is 17.6 Å². The number of carbonyl (C=O) groups excluding carboxylic acids is 2. The second-order valence-electron chi connectivity index (χ2n) is 8.36. The number of nitrogens with one attached hydrogen (secondary N) is 2. The largest absolute Gasteiger partial charge is 0.465 e. The standard InChI is InChI=1S/C23H28N2O3/c1-14(2)24-21(26)16-8-6-7-15(11-16)20-23(3,4)13-18-12-17(22(27)28-5)9-10-19(18)25-20/h6-12,14,20,25H,13H2,1-5H3,(H,24,26). The SMILES string of the molecule is COC(=O)c1ccc2c(c1)CC(C)(C)C(c1cccc(C(=O)NC(C)C)c1)N2. The molecule has 1 aliphatic rings. The van der Waals surface area contributed by atoms with Crippen molar-refractivity contribution in [2.75, 3.05) is 12.4 Å². The highest BCUT2D eigenvalue weighted by atomic mass is 16.5. The third-order valence-corrected chi connectivity index (χ3v) is 5.16. The Labute approximate surface area is 166 Å². The summed E-state index contributed by atoms with van der Waals surface area (Å²) in [6, 6.07) is 13.5. The van der Waals surface area contributed by atoms with Gasteiger partial charge in [0.25, 0.3) is 5.91 Å². The van der Waals surface area contributed by atoms with Gasteiger partial charge in [-0.3, -0.25) is 4.79 Å². The van der Waals surface area contributed by atoms with E-state index in [1.165, 1.54) is 7.11 Å². The van der Waals surface area contributed by atoms with E-state index in [1.807, 2.05) is 44.2 Å². The van der Waals surface area contributed by atoms with Crippen LogP contribution in [0.4, 0.5) is 5.69 Å². The van der Waals surface area contributed by atoms with Crippen LogP contribution >= 0.6 is 0 Å². The van der Waals surface area contributed by atoms with E-state index in [9.17, 15) is 9.59 Å². The molecule has 0 fully saturated rings. The maximum Gasteiger partial charge on any atom is 0.337 e. The van der Waals surface area contributed by atoms with E-state index >= 15 is 0 Å². The first-order chi connectivity index (χ1) is 13.2. The second-order valence-corrected chi connectivity index (χ2v) is 8.36. The summed E-state index contributed by atoms with van der Waals surface area (Å²) in [6.45, 7) is 8.29. The Morgan fingerprint density at radius 2 is 1.89 bits per heavy atom. The first-order valence-corrected chi connectivity index (χ1v) is 9.60. The Balaban J connectivity index is 1.92. The lowest BCUT2D eigenvalue weighted by atomic mass is 9.72. The van der Waals surface area contributed by atoms with Crippen LogP contribution in [0.1, 0.15) is 65.6 Å². The van der Waals surface area contributed by atoms with Crippen LogP contribution in [0.2, 0.25) is 0 Å². The molecule has 0 radical (unpaired) electrons. The van der Waals surface area contributed by atoms with E-state index in [1.54, 1.807) is 6.07 Å². The molecule has 3 rings (SSSR count). The average molecular weight is 380 g/mol. The molecule has 2 aromatic rings. The number of rotatable bonds is 4. The van der Waals surface area contributed by atoms with Gasteiger partial charge < -0.3 is 15.4 Å². The van der Waals surface area contributed by atoms with Crippen LogP contribution in [0.25, 0.3) is 0 Å². The first-order valence-electron chi connectivity index (χ1n) is 9.60. The summed E-state index contributed by atoms with van der Waals surface area (Å²) < 4.78 is 4.84. The van der Waals surface area contributed by atoms with Crippen molar-refractivity contribution in [1.29, 1.82) is 0 Å². The Bertz CT molecular complexity index is 902. The van der Waals surface area contributed by atoms with Gasteiger partial charge in [0.2, 0.25) is 0 Å². The number of amides is 1. The Kier molecular flexibility index (Phi) is 5.45. The highest BCUT2D eigenvalue weighted by molar-refractivity contribution is 5.94. The van der Waals surface area contributed by atoms with Gasteiger partial charge in [-0.1, -0.05) is 26.0 Å². The molecule has 1 aliphatic heterocycles. The fourth-order valence-electron chi connectivity index (χ4n) is 3.81. The summed E-state index contributed by atoms with van der Waals surface area (Å²) in [4.78, 5) is 24.2. The number of ether oxygens (including phenoxy) is 1. The van der Waals surface area contributed by atoms with Gasteiger partial charge in [0.1, 0.15) is 0 Å². The van der Waals surface area contributed by atoms with Gasteiger partial charge in [0, 0.05) is 17.3 Å². The molecular formula is C23H28N2O3. The summed E-state index contributed by atoms with van der Waals surface area (Å²) in [5.41, 5.74) is 4.30. The van der Waals surface area contributed by atoms with E-state index in [0.29, 0.717) is 11.1 Å². The number of benzene rings is 2. The molecule has 1 unspecified atom stereocenters. The molecule has 0 saturated carbocycles. The van der Waals surface area contributed by atoms with Crippen molar-refractivity contribution in [3.05, 3.63) is 64.7 Å².